The zero-order valence-corrected chi connectivity index (χ0v) is 8.64. The molecule has 0 saturated carbocycles. The molecule has 4 N–H and O–H groups in total. The van der Waals surface area contributed by atoms with Crippen molar-refractivity contribution in [3.63, 3.8) is 0 Å². The van der Waals surface area contributed by atoms with Crippen LogP contribution in [0.2, 0.25) is 0 Å². The summed E-state index contributed by atoms with van der Waals surface area (Å²) >= 11 is 0. The molecule has 0 radical (unpaired) electrons. The fourth-order valence-corrected chi connectivity index (χ4v) is 1.04. The van der Waals surface area contributed by atoms with Gasteiger partial charge in [0.15, 0.2) is 17.5 Å². The Kier molecular flexibility index (Phi) is 3.66. The van der Waals surface area contributed by atoms with E-state index in [0.29, 0.717) is 6.21 Å². The number of hydrogen-bond acceptors (Lipinski definition) is 2. The highest BCUT2D eigenvalue weighted by Gasteiger charge is 2.21. The predicted molar refractivity (Wildman–Crippen MR) is 54.4 cm³/mol. The van der Waals surface area contributed by atoms with Crippen molar-refractivity contribution in [1.29, 1.82) is 0 Å². The van der Waals surface area contributed by atoms with Crippen LogP contribution in [0.1, 0.15) is 11.1 Å². The summed E-state index contributed by atoms with van der Waals surface area (Å²) in [6, 6.07) is 0. The number of nitrogens with zero attached hydrogens (tertiary/aromatic N) is 2. The normalized spacial score (nSPS) is 10.9. The Bertz CT molecular complexity index is 477. The van der Waals surface area contributed by atoms with Gasteiger partial charge in [0, 0.05) is 5.56 Å². The van der Waals surface area contributed by atoms with Crippen molar-refractivity contribution in [2.75, 3.05) is 0 Å². The third kappa shape index (κ3) is 2.52. The Morgan fingerprint density at radius 3 is 2.12 bits per heavy atom. The van der Waals surface area contributed by atoms with Crippen molar-refractivity contribution >= 4 is 12.2 Å². The minimum atomic E-state index is -1.78. The average molecular weight is 248 g/mol. The first kappa shape index (κ1) is 12.9. The Morgan fingerprint density at radius 1 is 1.00 bits per heavy atom. The van der Waals surface area contributed by atoms with Crippen LogP contribution in [-0.2, 0) is 0 Å². The first-order valence-electron chi connectivity index (χ1n) is 4.30. The van der Waals surface area contributed by atoms with Gasteiger partial charge in [-0.2, -0.15) is 5.10 Å². The summed E-state index contributed by atoms with van der Waals surface area (Å²) in [6.07, 6.45) is 0.555. The van der Waals surface area contributed by atoms with E-state index in [0.717, 1.165) is 6.92 Å². The number of hydrogen-bond donors (Lipinski definition) is 2. The fraction of sp³-hybridized carbons (Fsp3) is 0.111. The lowest BCUT2D eigenvalue weighted by atomic mass is 10.1. The van der Waals surface area contributed by atoms with Gasteiger partial charge in [-0.05, 0) is 6.92 Å². The molecule has 0 aliphatic heterocycles. The maximum atomic E-state index is 13.4. The third-order valence-corrected chi connectivity index (χ3v) is 1.88. The first-order chi connectivity index (χ1) is 7.86. The molecule has 0 saturated heterocycles. The first-order valence-corrected chi connectivity index (χ1v) is 4.30. The molecule has 0 aromatic heterocycles. The maximum Gasteiger partial charge on any atom is 0.211 e. The van der Waals surface area contributed by atoms with E-state index >= 15 is 0 Å². The lowest BCUT2D eigenvalue weighted by molar-refractivity contribution is 0.427. The van der Waals surface area contributed by atoms with Crippen LogP contribution in [0.4, 0.5) is 17.6 Å². The molecule has 0 fully saturated rings. The third-order valence-electron chi connectivity index (χ3n) is 1.88. The number of benzene rings is 1. The summed E-state index contributed by atoms with van der Waals surface area (Å²) in [4.78, 5) is 0. The molecule has 1 rings (SSSR count). The van der Waals surface area contributed by atoms with Gasteiger partial charge in [0.05, 0.1) is 11.8 Å². The Balaban J connectivity index is 3.35. The largest absolute Gasteiger partial charge is 0.369 e. The Labute approximate surface area is 93.6 Å². The van der Waals surface area contributed by atoms with Gasteiger partial charge < -0.3 is 11.5 Å². The van der Waals surface area contributed by atoms with E-state index in [-0.39, 0.29) is 0 Å². The molecule has 0 aliphatic carbocycles. The van der Waals surface area contributed by atoms with Gasteiger partial charge in [0.1, 0.15) is 5.82 Å². The molecule has 8 heteroatoms. The van der Waals surface area contributed by atoms with Crippen LogP contribution in [0.5, 0.6) is 0 Å². The number of rotatable bonds is 2. The summed E-state index contributed by atoms with van der Waals surface area (Å²) in [6.45, 7) is 0.963. The van der Waals surface area contributed by atoms with E-state index in [2.05, 4.69) is 10.2 Å². The molecule has 0 spiro atoms. The van der Waals surface area contributed by atoms with E-state index in [1.807, 2.05) is 0 Å². The van der Waals surface area contributed by atoms with Crippen LogP contribution in [0.15, 0.2) is 10.2 Å². The zero-order valence-electron chi connectivity index (χ0n) is 8.64. The fourth-order valence-electron chi connectivity index (χ4n) is 1.04. The second-order valence-corrected chi connectivity index (χ2v) is 3.06. The second-order valence-electron chi connectivity index (χ2n) is 3.06. The quantitative estimate of drug-likeness (QED) is 0.206. The number of nitrogens with two attached hydrogens (primary N) is 2. The molecule has 0 unspecified atom stereocenters. The van der Waals surface area contributed by atoms with Gasteiger partial charge in [-0.3, -0.25) is 0 Å². The zero-order chi connectivity index (χ0) is 13.2. The van der Waals surface area contributed by atoms with Crippen LogP contribution in [0.3, 0.4) is 0 Å². The summed E-state index contributed by atoms with van der Waals surface area (Å²) in [5.74, 6) is -6.77. The summed E-state index contributed by atoms with van der Waals surface area (Å²) < 4.78 is 52.4. The highest BCUT2D eigenvalue weighted by molar-refractivity contribution is 5.82. The van der Waals surface area contributed by atoms with Crippen molar-refractivity contribution < 1.29 is 17.6 Å². The smallest absolute Gasteiger partial charge is 0.211 e. The van der Waals surface area contributed by atoms with Gasteiger partial charge in [-0.25, -0.2) is 17.6 Å². The number of halogens is 4. The van der Waals surface area contributed by atoms with E-state index in [1.54, 1.807) is 0 Å². The van der Waals surface area contributed by atoms with E-state index < -0.39 is 40.4 Å². The van der Waals surface area contributed by atoms with Gasteiger partial charge in [-0.15, -0.1) is 5.10 Å². The van der Waals surface area contributed by atoms with Crippen LogP contribution < -0.4 is 11.5 Å². The number of guanidine groups is 1. The molecule has 0 atom stereocenters. The Morgan fingerprint density at radius 2 is 1.59 bits per heavy atom. The monoisotopic (exact) mass is 248 g/mol. The molecular weight excluding hydrogens is 240 g/mol. The minimum absolute atomic E-state index is 0.443. The van der Waals surface area contributed by atoms with Crippen LogP contribution >= 0.6 is 0 Å². The van der Waals surface area contributed by atoms with Gasteiger partial charge >= 0.3 is 0 Å². The molecule has 4 nitrogen and oxygen atoms in total. The van der Waals surface area contributed by atoms with Crippen molar-refractivity contribution in [1.82, 2.24) is 0 Å². The van der Waals surface area contributed by atoms with E-state index in [4.69, 9.17) is 11.5 Å². The molecular formula is C9H8F4N4. The van der Waals surface area contributed by atoms with Gasteiger partial charge in [0.25, 0.3) is 0 Å². The van der Waals surface area contributed by atoms with Crippen LogP contribution in [-0.4, -0.2) is 12.2 Å². The van der Waals surface area contributed by atoms with Crippen molar-refractivity contribution in [2.45, 2.75) is 6.92 Å². The lowest BCUT2D eigenvalue weighted by Gasteiger charge is -2.05. The standard InChI is InChI=1S/C9H8F4N4/c1-3-5(10)4(2-16-17-9(14)15)7(12)8(13)6(3)11/h2H,1H3,(H4,14,15,17)/b16-2+. The van der Waals surface area contributed by atoms with Crippen molar-refractivity contribution in [2.24, 2.45) is 21.7 Å². The molecule has 0 bridgehead atoms. The molecule has 1 aromatic rings. The van der Waals surface area contributed by atoms with Crippen LogP contribution in [0, 0.1) is 30.2 Å². The summed E-state index contributed by atoms with van der Waals surface area (Å²) in [5.41, 5.74) is 8.31. The highest BCUT2D eigenvalue weighted by atomic mass is 19.2. The van der Waals surface area contributed by atoms with Crippen molar-refractivity contribution in [3.05, 3.63) is 34.4 Å². The summed E-state index contributed by atoms with van der Waals surface area (Å²) in [7, 11) is 0. The molecule has 1 aromatic carbocycles. The van der Waals surface area contributed by atoms with E-state index in [9.17, 15) is 17.6 Å². The van der Waals surface area contributed by atoms with Crippen molar-refractivity contribution in [3.8, 4) is 0 Å². The maximum absolute atomic E-state index is 13.4. The SMILES string of the molecule is Cc1c(F)c(F)c(F)c(/C=N/N=C(N)N)c1F. The van der Waals surface area contributed by atoms with Gasteiger partial charge in [0.2, 0.25) is 5.96 Å². The molecule has 17 heavy (non-hydrogen) atoms. The lowest BCUT2D eigenvalue weighted by Crippen LogP contribution is -2.21. The minimum Gasteiger partial charge on any atom is -0.369 e. The molecule has 0 heterocycles. The van der Waals surface area contributed by atoms with Crippen LogP contribution in [0.25, 0.3) is 0 Å². The topological polar surface area (TPSA) is 76.8 Å². The average Bonchev–Trinajstić information content (AvgIpc) is 2.28. The van der Waals surface area contributed by atoms with E-state index in [1.165, 1.54) is 0 Å². The second kappa shape index (κ2) is 4.81. The molecule has 92 valence electrons. The Hall–Kier alpha value is -2.12. The summed E-state index contributed by atoms with van der Waals surface area (Å²) in [5, 5.41) is 6.19. The molecule has 0 aliphatic rings. The van der Waals surface area contributed by atoms with Gasteiger partial charge in [-0.1, -0.05) is 0 Å². The predicted octanol–water partition coefficient (Wildman–Crippen LogP) is 1.16. The molecule has 0 amide bonds. The highest BCUT2D eigenvalue weighted by Crippen LogP contribution is 2.22.